The molecule has 0 bridgehead atoms. The summed E-state index contributed by atoms with van der Waals surface area (Å²) in [6, 6.07) is 15.2. The summed E-state index contributed by atoms with van der Waals surface area (Å²) in [7, 11) is 0. The van der Waals surface area contributed by atoms with Gasteiger partial charge in [-0.25, -0.2) is 4.79 Å². The first kappa shape index (κ1) is 20.8. The van der Waals surface area contributed by atoms with Crippen LogP contribution in [-0.4, -0.2) is 47.4 Å². The van der Waals surface area contributed by atoms with Crippen molar-refractivity contribution in [2.45, 2.75) is 19.4 Å². The monoisotopic (exact) mass is 411 g/mol. The molecule has 1 saturated heterocycles. The van der Waals surface area contributed by atoms with Crippen LogP contribution in [0.2, 0.25) is 0 Å². The normalized spacial score (nSPS) is 14.8. The number of para-hydroxylation sites is 1. The van der Waals surface area contributed by atoms with Gasteiger partial charge in [-0.2, -0.15) is 0 Å². The highest BCUT2D eigenvalue weighted by Crippen LogP contribution is 2.22. The predicted octanol–water partition coefficient (Wildman–Crippen LogP) is 2.29. The number of rotatable bonds is 7. The zero-order chi connectivity index (χ0) is 21.7. The van der Waals surface area contributed by atoms with Gasteiger partial charge in [0.25, 0.3) is 11.8 Å². The molecule has 0 unspecified atom stereocenters. The summed E-state index contributed by atoms with van der Waals surface area (Å²) >= 11 is 0. The van der Waals surface area contributed by atoms with Gasteiger partial charge in [-0.05, 0) is 50.2 Å². The summed E-state index contributed by atoms with van der Waals surface area (Å²) in [5.74, 6) is -0.667. The zero-order valence-corrected chi connectivity index (χ0v) is 16.5. The number of esters is 1. The van der Waals surface area contributed by atoms with Gasteiger partial charge in [-0.15, -0.1) is 0 Å². The third-order valence-corrected chi connectivity index (χ3v) is 4.21. The molecule has 0 spiro atoms. The Morgan fingerprint density at radius 2 is 1.63 bits per heavy atom. The molecule has 1 fully saturated rings. The summed E-state index contributed by atoms with van der Waals surface area (Å²) in [5.41, 5.74) is -0.585. The van der Waals surface area contributed by atoms with Crippen LogP contribution >= 0.6 is 0 Å². The fraction of sp³-hybridized carbons (Fsp3) is 0.238. The number of imide groups is 1. The molecule has 0 aromatic heterocycles. The molecule has 1 heterocycles. The molecule has 1 aliphatic heterocycles. The smallest absolute Gasteiger partial charge is 0.326 e. The van der Waals surface area contributed by atoms with Gasteiger partial charge >= 0.3 is 12.0 Å². The third kappa shape index (κ3) is 5.13. The molecule has 1 aliphatic rings. The van der Waals surface area contributed by atoms with Crippen LogP contribution in [-0.2, 0) is 19.1 Å². The van der Waals surface area contributed by atoms with E-state index in [-0.39, 0.29) is 0 Å². The number of carbonyl (C=O) groups is 4. The van der Waals surface area contributed by atoms with E-state index in [2.05, 4.69) is 10.6 Å². The van der Waals surface area contributed by atoms with Crippen LogP contribution in [0.1, 0.15) is 13.8 Å². The number of amides is 4. The Morgan fingerprint density at radius 1 is 1.00 bits per heavy atom. The van der Waals surface area contributed by atoms with Crippen molar-refractivity contribution in [2.24, 2.45) is 0 Å². The second-order valence-corrected chi connectivity index (χ2v) is 7.09. The average molecular weight is 411 g/mol. The maximum atomic E-state index is 12.0. The summed E-state index contributed by atoms with van der Waals surface area (Å²) in [5, 5.41) is 5.04. The Bertz CT molecular complexity index is 956. The fourth-order valence-electron chi connectivity index (χ4n) is 2.71. The Hall–Kier alpha value is -3.88. The van der Waals surface area contributed by atoms with Gasteiger partial charge in [-0.3, -0.25) is 19.3 Å². The number of hydrogen-bond acceptors (Lipinski definition) is 6. The number of nitrogens with zero attached hydrogens (tertiary/aromatic N) is 1. The predicted molar refractivity (Wildman–Crippen MR) is 107 cm³/mol. The second-order valence-electron chi connectivity index (χ2n) is 7.09. The topological polar surface area (TPSA) is 114 Å². The molecule has 0 radical (unpaired) electrons. The molecule has 156 valence electrons. The van der Waals surface area contributed by atoms with Gasteiger partial charge in [-0.1, -0.05) is 18.2 Å². The minimum atomic E-state index is -1.08. The molecule has 3 rings (SSSR count). The molecular weight excluding hydrogens is 390 g/mol. The molecule has 2 aromatic carbocycles. The van der Waals surface area contributed by atoms with E-state index < -0.39 is 42.5 Å². The van der Waals surface area contributed by atoms with Crippen LogP contribution < -0.4 is 15.4 Å². The molecule has 2 aromatic rings. The first-order chi connectivity index (χ1) is 14.2. The Kier molecular flexibility index (Phi) is 6.01. The van der Waals surface area contributed by atoms with Crippen LogP contribution in [0.4, 0.5) is 10.5 Å². The molecule has 2 N–H and O–H groups in total. The highest BCUT2D eigenvalue weighted by molar-refractivity contribution is 6.08. The number of ether oxygens (including phenoxy) is 2. The molecular formula is C21H21N3O6. The number of carbonyl (C=O) groups excluding carboxylic acids is 4. The molecule has 4 amide bonds. The number of hydrogen-bond donors (Lipinski definition) is 2. The first-order valence-corrected chi connectivity index (χ1v) is 9.17. The Labute approximate surface area is 172 Å². The van der Waals surface area contributed by atoms with Crippen molar-refractivity contribution < 1.29 is 28.7 Å². The van der Waals surface area contributed by atoms with Crippen molar-refractivity contribution in [3.05, 3.63) is 54.6 Å². The van der Waals surface area contributed by atoms with Gasteiger partial charge in [0.2, 0.25) is 0 Å². The zero-order valence-electron chi connectivity index (χ0n) is 16.5. The molecule has 0 saturated carbocycles. The van der Waals surface area contributed by atoms with Crippen LogP contribution in [0.25, 0.3) is 0 Å². The maximum Gasteiger partial charge on any atom is 0.326 e. The van der Waals surface area contributed by atoms with Crippen LogP contribution in [0.5, 0.6) is 11.5 Å². The number of benzene rings is 2. The largest absolute Gasteiger partial charge is 0.457 e. The number of anilines is 1. The van der Waals surface area contributed by atoms with Gasteiger partial charge in [0.1, 0.15) is 23.6 Å². The van der Waals surface area contributed by atoms with Gasteiger partial charge in [0, 0.05) is 5.69 Å². The number of nitrogens with one attached hydrogen (secondary N) is 2. The van der Waals surface area contributed by atoms with E-state index in [1.807, 2.05) is 30.3 Å². The van der Waals surface area contributed by atoms with Crippen molar-refractivity contribution in [1.29, 1.82) is 0 Å². The second kappa shape index (κ2) is 8.64. The number of urea groups is 1. The van der Waals surface area contributed by atoms with Crippen molar-refractivity contribution in [3.63, 3.8) is 0 Å². The minimum absolute atomic E-state index is 0.493. The molecule has 0 atom stereocenters. The lowest BCUT2D eigenvalue weighted by Crippen LogP contribution is -2.41. The van der Waals surface area contributed by atoms with E-state index in [1.165, 1.54) is 13.8 Å². The van der Waals surface area contributed by atoms with E-state index in [1.54, 1.807) is 24.3 Å². The molecule has 30 heavy (non-hydrogen) atoms. The van der Waals surface area contributed by atoms with Gasteiger partial charge < -0.3 is 20.1 Å². The van der Waals surface area contributed by atoms with Crippen LogP contribution in [0.15, 0.2) is 54.6 Å². The van der Waals surface area contributed by atoms with Gasteiger partial charge in [0.05, 0.1) is 0 Å². The summed E-state index contributed by atoms with van der Waals surface area (Å²) in [6.45, 7) is 1.95. The SMILES string of the molecule is CC1(C)NC(=O)N(CC(=O)OCC(=O)Nc2ccc(Oc3ccccc3)cc2)C1=O. The van der Waals surface area contributed by atoms with Crippen molar-refractivity contribution in [1.82, 2.24) is 10.2 Å². The summed E-state index contributed by atoms with van der Waals surface area (Å²) in [6.07, 6.45) is 0. The maximum absolute atomic E-state index is 12.0. The molecule has 0 aliphatic carbocycles. The third-order valence-electron chi connectivity index (χ3n) is 4.21. The fourth-order valence-corrected chi connectivity index (χ4v) is 2.71. The molecule has 9 nitrogen and oxygen atoms in total. The highest BCUT2D eigenvalue weighted by atomic mass is 16.5. The summed E-state index contributed by atoms with van der Waals surface area (Å²) in [4.78, 5) is 48.4. The average Bonchev–Trinajstić information content (AvgIpc) is 2.90. The Morgan fingerprint density at radius 3 is 2.23 bits per heavy atom. The lowest BCUT2D eigenvalue weighted by molar-refractivity contribution is -0.150. The summed E-state index contributed by atoms with van der Waals surface area (Å²) < 4.78 is 10.5. The van der Waals surface area contributed by atoms with E-state index >= 15 is 0 Å². The quantitative estimate of drug-likeness (QED) is 0.534. The minimum Gasteiger partial charge on any atom is -0.457 e. The van der Waals surface area contributed by atoms with Crippen LogP contribution in [0, 0.1) is 0 Å². The van der Waals surface area contributed by atoms with E-state index in [0.29, 0.717) is 17.2 Å². The molecule has 9 heteroatoms. The first-order valence-electron chi connectivity index (χ1n) is 9.17. The lowest BCUT2D eigenvalue weighted by atomic mass is 10.1. The van der Waals surface area contributed by atoms with Gasteiger partial charge in [0.15, 0.2) is 6.61 Å². The van der Waals surface area contributed by atoms with Crippen molar-refractivity contribution in [3.8, 4) is 11.5 Å². The highest BCUT2D eigenvalue weighted by Gasteiger charge is 2.45. The standard InChI is InChI=1S/C21H21N3O6/c1-21(2)19(27)24(20(28)23-21)12-18(26)29-13-17(25)22-14-8-10-16(11-9-14)30-15-6-4-3-5-7-15/h3-11H,12-13H2,1-2H3,(H,22,25)(H,23,28). The van der Waals surface area contributed by atoms with Crippen molar-refractivity contribution in [2.75, 3.05) is 18.5 Å². The van der Waals surface area contributed by atoms with Crippen LogP contribution in [0.3, 0.4) is 0 Å². The lowest BCUT2D eigenvalue weighted by Gasteiger charge is -2.15. The van der Waals surface area contributed by atoms with E-state index in [0.717, 1.165) is 4.90 Å². The van der Waals surface area contributed by atoms with E-state index in [4.69, 9.17) is 9.47 Å². The Balaban J connectivity index is 1.45. The van der Waals surface area contributed by atoms with Crippen molar-refractivity contribution >= 4 is 29.5 Å². The van der Waals surface area contributed by atoms with E-state index in [9.17, 15) is 19.2 Å².